The van der Waals surface area contributed by atoms with Crippen LogP contribution in [0.3, 0.4) is 0 Å². The Hall–Kier alpha value is -0.570. The highest BCUT2D eigenvalue weighted by atomic mass is 16.5. The Morgan fingerprint density at radius 2 is 1.62 bits per heavy atom. The van der Waals surface area contributed by atoms with Crippen molar-refractivity contribution in [1.82, 2.24) is 4.90 Å². The van der Waals surface area contributed by atoms with E-state index in [4.69, 9.17) is 4.74 Å². The summed E-state index contributed by atoms with van der Waals surface area (Å²) in [4.78, 5) is 13.8. The van der Waals surface area contributed by atoms with Crippen LogP contribution in [0.15, 0.2) is 0 Å². The second kappa shape index (κ2) is 15.8. The van der Waals surface area contributed by atoms with E-state index < -0.39 is 0 Å². The van der Waals surface area contributed by atoms with Gasteiger partial charge in [0.2, 0.25) is 0 Å². The van der Waals surface area contributed by atoms with Crippen molar-refractivity contribution in [2.45, 2.75) is 86.7 Å². The highest BCUT2D eigenvalue weighted by Gasteiger charge is 2.22. The number of likely N-dealkylation sites (N-methyl/N-ethyl adjacent to an activating group) is 1. The average Bonchev–Trinajstić information content (AvgIpc) is 2.47. The molecule has 3 nitrogen and oxygen atoms in total. The number of carbonyl (C=O) groups excluding carboxylic acids is 1. The summed E-state index contributed by atoms with van der Waals surface area (Å²) >= 11 is 0. The molecule has 1 rings (SSSR count). The molecule has 0 radical (unpaired) electrons. The third kappa shape index (κ3) is 12.9. The maximum Gasteiger partial charge on any atom is 0.320 e. The summed E-state index contributed by atoms with van der Waals surface area (Å²) in [5, 5.41) is 0. The Morgan fingerprint density at radius 1 is 1.10 bits per heavy atom. The fourth-order valence-corrected chi connectivity index (χ4v) is 2.34. The third-order valence-electron chi connectivity index (χ3n) is 3.43. The lowest BCUT2D eigenvalue weighted by Crippen LogP contribution is -2.33. The maximum atomic E-state index is 11.7. The Bertz CT molecular complexity index is 227. The lowest BCUT2D eigenvalue weighted by atomic mass is 9.89. The molecule has 0 aromatic heterocycles. The van der Waals surface area contributed by atoms with E-state index in [0.29, 0.717) is 12.5 Å². The van der Waals surface area contributed by atoms with E-state index in [1.165, 1.54) is 19.3 Å². The number of ether oxygens (including phenoxy) is 1. The quantitative estimate of drug-likeness (QED) is 0.677. The molecule has 1 aliphatic carbocycles. The van der Waals surface area contributed by atoms with Crippen LogP contribution in [0.25, 0.3) is 0 Å². The largest absolute Gasteiger partial charge is 0.461 e. The second-order valence-electron chi connectivity index (χ2n) is 5.55. The van der Waals surface area contributed by atoms with Gasteiger partial charge in [-0.15, -0.1) is 0 Å². The van der Waals surface area contributed by atoms with Crippen molar-refractivity contribution in [2.24, 2.45) is 5.92 Å². The van der Waals surface area contributed by atoms with Gasteiger partial charge in [-0.3, -0.25) is 9.69 Å². The number of nitrogens with zero attached hydrogens (tertiary/aromatic N) is 1. The number of hydrogen-bond donors (Lipinski definition) is 0. The lowest BCUT2D eigenvalue weighted by molar-refractivity contribution is -0.152. The van der Waals surface area contributed by atoms with E-state index in [9.17, 15) is 4.79 Å². The van der Waals surface area contributed by atoms with Gasteiger partial charge in [-0.1, -0.05) is 61.3 Å². The molecular formula is C18H39NO2. The van der Waals surface area contributed by atoms with Crippen molar-refractivity contribution < 1.29 is 9.53 Å². The summed E-state index contributed by atoms with van der Waals surface area (Å²) < 4.78 is 5.52. The zero-order valence-corrected chi connectivity index (χ0v) is 15.6. The number of esters is 1. The summed E-state index contributed by atoms with van der Waals surface area (Å²) in [6.45, 7) is 16.9. The number of rotatable bonds is 5. The van der Waals surface area contributed by atoms with Gasteiger partial charge in [0, 0.05) is 0 Å². The molecule has 3 heteroatoms. The predicted octanol–water partition coefficient (Wildman–Crippen LogP) is 4.89. The van der Waals surface area contributed by atoms with Gasteiger partial charge in [0.1, 0.15) is 6.10 Å². The van der Waals surface area contributed by atoms with Crippen LogP contribution in [-0.4, -0.2) is 36.6 Å². The Morgan fingerprint density at radius 3 is 2.05 bits per heavy atom. The van der Waals surface area contributed by atoms with Gasteiger partial charge in [0.15, 0.2) is 0 Å². The second-order valence-corrected chi connectivity index (χ2v) is 5.55. The summed E-state index contributed by atoms with van der Waals surface area (Å²) in [5.41, 5.74) is 0. The minimum Gasteiger partial charge on any atom is -0.461 e. The topological polar surface area (TPSA) is 29.5 Å². The molecule has 128 valence electrons. The molecular weight excluding hydrogens is 262 g/mol. The lowest BCUT2D eigenvalue weighted by Gasteiger charge is -2.27. The summed E-state index contributed by atoms with van der Waals surface area (Å²) in [5.74, 6) is 0.655. The molecule has 1 aliphatic rings. The Kier molecular flexibility index (Phi) is 17.1. The molecule has 0 saturated heterocycles. The van der Waals surface area contributed by atoms with Crippen molar-refractivity contribution in [3.8, 4) is 0 Å². The smallest absolute Gasteiger partial charge is 0.320 e. The molecule has 0 heterocycles. The van der Waals surface area contributed by atoms with E-state index in [1.807, 2.05) is 13.8 Å². The average molecular weight is 302 g/mol. The van der Waals surface area contributed by atoms with Gasteiger partial charge in [-0.05, 0) is 38.3 Å². The molecule has 1 fully saturated rings. The van der Waals surface area contributed by atoms with Gasteiger partial charge in [0.25, 0.3) is 0 Å². The minimum atomic E-state index is -0.0530. The molecule has 0 aromatic carbocycles. The molecule has 2 atom stereocenters. The first kappa shape index (κ1) is 22.7. The molecule has 0 bridgehead atoms. The van der Waals surface area contributed by atoms with Crippen LogP contribution >= 0.6 is 0 Å². The van der Waals surface area contributed by atoms with Crippen molar-refractivity contribution in [3.05, 3.63) is 0 Å². The fourth-order valence-electron chi connectivity index (χ4n) is 2.34. The van der Waals surface area contributed by atoms with Crippen LogP contribution in [-0.2, 0) is 9.53 Å². The van der Waals surface area contributed by atoms with Gasteiger partial charge < -0.3 is 4.74 Å². The number of carbonyl (C=O) groups is 1. The number of hydrogen-bond acceptors (Lipinski definition) is 3. The molecule has 0 aromatic rings. The predicted molar refractivity (Wildman–Crippen MR) is 92.6 cm³/mol. The zero-order valence-electron chi connectivity index (χ0n) is 15.6. The van der Waals surface area contributed by atoms with Gasteiger partial charge in [-0.2, -0.15) is 0 Å². The van der Waals surface area contributed by atoms with Crippen molar-refractivity contribution in [3.63, 3.8) is 0 Å². The molecule has 0 N–H and O–H groups in total. The van der Waals surface area contributed by atoms with Crippen molar-refractivity contribution in [1.29, 1.82) is 0 Å². The third-order valence-corrected chi connectivity index (χ3v) is 3.43. The highest BCUT2D eigenvalue weighted by molar-refractivity contribution is 5.71. The molecule has 0 amide bonds. The first-order valence-electron chi connectivity index (χ1n) is 8.98. The SMILES string of the molecule is CC.CCC.CCN(CC)CC(=O)OC1CCCC(C)C1. The van der Waals surface area contributed by atoms with Crippen LogP contribution in [0.4, 0.5) is 0 Å². The van der Waals surface area contributed by atoms with E-state index in [1.54, 1.807) is 0 Å². The van der Waals surface area contributed by atoms with Gasteiger partial charge >= 0.3 is 5.97 Å². The van der Waals surface area contributed by atoms with Gasteiger partial charge in [0.05, 0.1) is 6.54 Å². The van der Waals surface area contributed by atoms with Crippen LogP contribution in [0, 0.1) is 5.92 Å². The normalized spacial score (nSPS) is 20.8. The van der Waals surface area contributed by atoms with E-state index in [0.717, 1.165) is 25.9 Å². The summed E-state index contributed by atoms with van der Waals surface area (Å²) in [6, 6.07) is 0. The molecule has 21 heavy (non-hydrogen) atoms. The highest BCUT2D eigenvalue weighted by Crippen LogP contribution is 2.25. The first-order chi connectivity index (χ1) is 10.1. The molecule has 1 saturated carbocycles. The minimum absolute atomic E-state index is 0.0530. The molecule has 0 spiro atoms. The molecule has 0 aliphatic heterocycles. The first-order valence-corrected chi connectivity index (χ1v) is 8.98. The maximum absolute atomic E-state index is 11.7. The summed E-state index contributed by atoms with van der Waals surface area (Å²) in [7, 11) is 0. The van der Waals surface area contributed by atoms with Crippen molar-refractivity contribution >= 4 is 5.97 Å². The van der Waals surface area contributed by atoms with E-state index in [2.05, 4.69) is 39.5 Å². The van der Waals surface area contributed by atoms with Crippen molar-refractivity contribution in [2.75, 3.05) is 19.6 Å². The Labute approximate surface area is 133 Å². The van der Waals surface area contributed by atoms with E-state index in [-0.39, 0.29) is 12.1 Å². The van der Waals surface area contributed by atoms with E-state index >= 15 is 0 Å². The monoisotopic (exact) mass is 301 g/mol. The van der Waals surface area contributed by atoms with Crippen LogP contribution in [0.1, 0.15) is 80.6 Å². The fraction of sp³-hybridized carbons (Fsp3) is 0.944. The Balaban J connectivity index is 0. The van der Waals surface area contributed by atoms with Crippen LogP contribution in [0.2, 0.25) is 0 Å². The van der Waals surface area contributed by atoms with Crippen LogP contribution < -0.4 is 0 Å². The standard InChI is InChI=1S/C13H25NO2.C3H8.C2H6/c1-4-14(5-2)10-13(15)16-12-8-6-7-11(3)9-12;1-3-2;1-2/h11-12H,4-10H2,1-3H3;3H2,1-2H3;1-2H3. The summed E-state index contributed by atoms with van der Waals surface area (Å²) in [6.07, 6.45) is 6.00. The van der Waals surface area contributed by atoms with Crippen LogP contribution in [0.5, 0.6) is 0 Å². The van der Waals surface area contributed by atoms with Gasteiger partial charge in [-0.25, -0.2) is 0 Å². The molecule has 2 unspecified atom stereocenters. The zero-order chi connectivity index (χ0) is 16.7.